The van der Waals surface area contributed by atoms with E-state index in [2.05, 4.69) is 0 Å². The molecular formula is C18H24O4. The van der Waals surface area contributed by atoms with E-state index in [4.69, 9.17) is 9.47 Å². The first-order chi connectivity index (χ1) is 10.6. The second-order valence-electron chi connectivity index (χ2n) is 5.92. The van der Waals surface area contributed by atoms with Crippen molar-refractivity contribution in [2.45, 2.75) is 57.5 Å². The Morgan fingerprint density at radius 3 is 2.27 bits per heavy atom. The molecule has 0 radical (unpaired) electrons. The highest BCUT2D eigenvalue weighted by Gasteiger charge is 2.41. The number of rotatable bonds is 6. The standard InChI is InChI=1S/C18H24O4/c1-14(19)22-18(12-4-3-5-13-18)17(20)11-8-15-6-9-16(21-2)10-7-15/h6-7,9-10H,3-5,8,11-13H2,1-2H3. The maximum absolute atomic E-state index is 12.7. The molecule has 1 aliphatic rings. The third-order valence-electron chi connectivity index (χ3n) is 4.31. The van der Waals surface area contributed by atoms with Crippen LogP contribution in [0.3, 0.4) is 0 Å². The second kappa shape index (κ2) is 7.43. The van der Waals surface area contributed by atoms with E-state index in [9.17, 15) is 9.59 Å². The molecular weight excluding hydrogens is 280 g/mol. The first kappa shape index (κ1) is 16.5. The maximum Gasteiger partial charge on any atom is 0.303 e. The van der Waals surface area contributed by atoms with Gasteiger partial charge in [-0.25, -0.2) is 0 Å². The van der Waals surface area contributed by atoms with Crippen molar-refractivity contribution in [3.05, 3.63) is 29.8 Å². The van der Waals surface area contributed by atoms with Gasteiger partial charge in [0.2, 0.25) is 0 Å². The van der Waals surface area contributed by atoms with Crippen molar-refractivity contribution in [3.63, 3.8) is 0 Å². The average Bonchev–Trinajstić information content (AvgIpc) is 2.53. The number of methoxy groups -OCH3 is 1. The van der Waals surface area contributed by atoms with Gasteiger partial charge in [-0.1, -0.05) is 18.6 Å². The van der Waals surface area contributed by atoms with Gasteiger partial charge in [-0.3, -0.25) is 9.59 Å². The summed E-state index contributed by atoms with van der Waals surface area (Å²) >= 11 is 0. The molecule has 1 saturated carbocycles. The Hall–Kier alpha value is -1.84. The molecule has 0 saturated heterocycles. The molecule has 0 spiro atoms. The average molecular weight is 304 g/mol. The molecule has 4 heteroatoms. The topological polar surface area (TPSA) is 52.6 Å². The minimum Gasteiger partial charge on any atom is -0.497 e. The number of hydrogen-bond donors (Lipinski definition) is 0. The number of hydrogen-bond acceptors (Lipinski definition) is 4. The predicted octanol–water partition coefficient (Wildman–Crippen LogP) is 3.46. The fourth-order valence-electron chi connectivity index (χ4n) is 3.11. The third-order valence-corrected chi connectivity index (χ3v) is 4.31. The quantitative estimate of drug-likeness (QED) is 0.755. The Morgan fingerprint density at radius 1 is 1.09 bits per heavy atom. The Kier molecular flexibility index (Phi) is 5.58. The van der Waals surface area contributed by atoms with Crippen LogP contribution in [0.4, 0.5) is 0 Å². The molecule has 0 aromatic heterocycles. The summed E-state index contributed by atoms with van der Waals surface area (Å²) < 4.78 is 10.6. The van der Waals surface area contributed by atoms with Crippen LogP contribution in [0.1, 0.15) is 51.0 Å². The molecule has 0 atom stereocenters. The van der Waals surface area contributed by atoms with Gasteiger partial charge >= 0.3 is 5.97 Å². The zero-order chi connectivity index (χ0) is 16.0. The van der Waals surface area contributed by atoms with Crippen LogP contribution in [-0.2, 0) is 20.7 Å². The van der Waals surface area contributed by atoms with Gasteiger partial charge in [-0.15, -0.1) is 0 Å². The van der Waals surface area contributed by atoms with E-state index >= 15 is 0 Å². The molecule has 0 aliphatic heterocycles. The highest BCUT2D eigenvalue weighted by molar-refractivity contribution is 5.89. The van der Waals surface area contributed by atoms with Crippen LogP contribution >= 0.6 is 0 Å². The van der Waals surface area contributed by atoms with Crippen molar-refractivity contribution < 1.29 is 19.1 Å². The van der Waals surface area contributed by atoms with E-state index < -0.39 is 5.60 Å². The molecule has 1 fully saturated rings. The van der Waals surface area contributed by atoms with Gasteiger partial charge in [-0.05, 0) is 49.8 Å². The number of aryl methyl sites for hydroxylation is 1. The minimum atomic E-state index is -0.878. The third kappa shape index (κ3) is 4.09. The van der Waals surface area contributed by atoms with Crippen LogP contribution in [-0.4, -0.2) is 24.5 Å². The Bertz CT molecular complexity index is 512. The molecule has 120 valence electrons. The van der Waals surface area contributed by atoms with Crippen LogP contribution in [0.5, 0.6) is 5.75 Å². The van der Waals surface area contributed by atoms with Gasteiger partial charge < -0.3 is 9.47 Å². The van der Waals surface area contributed by atoms with Crippen molar-refractivity contribution in [1.82, 2.24) is 0 Å². The SMILES string of the molecule is COc1ccc(CCC(=O)C2(OC(C)=O)CCCCC2)cc1. The number of ketones is 1. The Balaban J connectivity index is 1.99. The molecule has 2 rings (SSSR count). The molecule has 22 heavy (non-hydrogen) atoms. The molecule has 1 aliphatic carbocycles. The summed E-state index contributed by atoms with van der Waals surface area (Å²) in [4.78, 5) is 24.0. The summed E-state index contributed by atoms with van der Waals surface area (Å²) in [5.41, 5.74) is 0.208. The van der Waals surface area contributed by atoms with E-state index in [1.54, 1.807) is 7.11 Å². The van der Waals surface area contributed by atoms with Gasteiger partial charge in [-0.2, -0.15) is 0 Å². The zero-order valence-electron chi connectivity index (χ0n) is 13.4. The van der Waals surface area contributed by atoms with Crippen molar-refractivity contribution in [1.29, 1.82) is 0 Å². The lowest BCUT2D eigenvalue weighted by Crippen LogP contribution is -2.44. The van der Waals surface area contributed by atoms with Gasteiger partial charge in [0.05, 0.1) is 7.11 Å². The van der Waals surface area contributed by atoms with Crippen LogP contribution < -0.4 is 4.74 Å². The molecule has 0 heterocycles. The van der Waals surface area contributed by atoms with Crippen LogP contribution in [0, 0.1) is 0 Å². The van der Waals surface area contributed by atoms with Crippen LogP contribution in [0.15, 0.2) is 24.3 Å². The molecule has 0 N–H and O–H groups in total. The van der Waals surface area contributed by atoms with E-state index in [1.165, 1.54) is 6.92 Å². The molecule has 1 aromatic rings. The molecule has 0 amide bonds. The van der Waals surface area contributed by atoms with Gasteiger partial charge in [0, 0.05) is 13.3 Å². The second-order valence-corrected chi connectivity index (χ2v) is 5.92. The van der Waals surface area contributed by atoms with Crippen LogP contribution in [0.2, 0.25) is 0 Å². The maximum atomic E-state index is 12.7. The highest BCUT2D eigenvalue weighted by atomic mass is 16.6. The summed E-state index contributed by atoms with van der Waals surface area (Å²) in [6, 6.07) is 7.71. The Labute approximate surface area is 131 Å². The van der Waals surface area contributed by atoms with Gasteiger partial charge in [0.25, 0.3) is 0 Å². The van der Waals surface area contributed by atoms with Crippen molar-refractivity contribution in [2.24, 2.45) is 0 Å². The van der Waals surface area contributed by atoms with E-state index in [0.29, 0.717) is 25.7 Å². The summed E-state index contributed by atoms with van der Waals surface area (Å²) in [7, 11) is 1.63. The lowest BCUT2D eigenvalue weighted by molar-refractivity contribution is -0.169. The van der Waals surface area contributed by atoms with Crippen molar-refractivity contribution in [3.8, 4) is 5.75 Å². The molecule has 0 bridgehead atoms. The number of carbonyl (C=O) groups excluding carboxylic acids is 2. The smallest absolute Gasteiger partial charge is 0.303 e. The summed E-state index contributed by atoms with van der Waals surface area (Å²) in [5, 5.41) is 0. The summed E-state index contributed by atoms with van der Waals surface area (Å²) in [6.45, 7) is 1.38. The molecule has 1 aromatic carbocycles. The van der Waals surface area contributed by atoms with Crippen molar-refractivity contribution in [2.75, 3.05) is 7.11 Å². The Morgan fingerprint density at radius 2 is 1.73 bits per heavy atom. The molecule has 0 unspecified atom stereocenters. The van der Waals surface area contributed by atoms with E-state index in [0.717, 1.165) is 30.6 Å². The number of benzene rings is 1. The first-order valence-electron chi connectivity index (χ1n) is 7.91. The fraction of sp³-hybridized carbons (Fsp3) is 0.556. The number of ether oxygens (including phenoxy) is 2. The van der Waals surface area contributed by atoms with Crippen LogP contribution in [0.25, 0.3) is 0 Å². The first-order valence-corrected chi connectivity index (χ1v) is 7.91. The zero-order valence-corrected chi connectivity index (χ0v) is 13.4. The fourth-order valence-corrected chi connectivity index (χ4v) is 3.11. The largest absolute Gasteiger partial charge is 0.497 e. The monoisotopic (exact) mass is 304 g/mol. The van der Waals surface area contributed by atoms with E-state index in [1.807, 2.05) is 24.3 Å². The lowest BCUT2D eigenvalue weighted by atomic mass is 9.79. The van der Waals surface area contributed by atoms with Gasteiger partial charge in [0.15, 0.2) is 11.4 Å². The lowest BCUT2D eigenvalue weighted by Gasteiger charge is -2.35. The number of carbonyl (C=O) groups is 2. The normalized spacial score (nSPS) is 16.8. The summed E-state index contributed by atoms with van der Waals surface area (Å²) in [5.74, 6) is 0.497. The predicted molar refractivity (Wildman–Crippen MR) is 83.9 cm³/mol. The number of esters is 1. The summed E-state index contributed by atoms with van der Waals surface area (Å²) in [6.07, 6.45) is 5.38. The highest BCUT2D eigenvalue weighted by Crippen LogP contribution is 2.34. The van der Waals surface area contributed by atoms with E-state index in [-0.39, 0.29) is 11.8 Å². The minimum absolute atomic E-state index is 0.0539. The molecule has 4 nitrogen and oxygen atoms in total. The number of Topliss-reactive ketones (excluding diaryl/α,β-unsaturated/α-hetero) is 1. The van der Waals surface area contributed by atoms with Crippen molar-refractivity contribution >= 4 is 11.8 Å². The van der Waals surface area contributed by atoms with Gasteiger partial charge in [0.1, 0.15) is 5.75 Å².